The van der Waals surface area contributed by atoms with Crippen molar-refractivity contribution in [3.8, 4) is 0 Å². The molecule has 6 heteroatoms. The van der Waals surface area contributed by atoms with Crippen molar-refractivity contribution >= 4 is 17.6 Å². The third-order valence-corrected chi connectivity index (χ3v) is 5.88. The van der Waals surface area contributed by atoms with Crippen molar-refractivity contribution in [3.05, 3.63) is 83.9 Å². The molecule has 0 radical (unpaired) electrons. The van der Waals surface area contributed by atoms with Crippen molar-refractivity contribution in [2.45, 2.75) is 44.8 Å². The lowest BCUT2D eigenvalue weighted by atomic mass is 9.67. The number of hydrogen-bond acceptors (Lipinski definition) is 4. The van der Waals surface area contributed by atoms with E-state index < -0.39 is 23.6 Å². The lowest BCUT2D eigenvalue weighted by Crippen LogP contribution is -2.52. The number of hydrogen-bond donors (Lipinski definition) is 2. The Labute approximate surface area is 187 Å². The van der Waals surface area contributed by atoms with E-state index in [-0.39, 0.29) is 24.8 Å². The van der Waals surface area contributed by atoms with Gasteiger partial charge in [0.05, 0.1) is 18.8 Å². The number of rotatable bonds is 9. The van der Waals surface area contributed by atoms with E-state index in [2.05, 4.69) is 0 Å². The summed E-state index contributed by atoms with van der Waals surface area (Å²) in [7, 11) is 0. The molecular weight excluding hydrogens is 409 g/mol. The molecule has 0 saturated heterocycles. The number of halogens is 1. The molecule has 2 N–H and O–H groups in total. The van der Waals surface area contributed by atoms with Gasteiger partial charge in [-0.05, 0) is 54.3 Å². The number of aromatic nitrogens is 1. The number of fused-ring (bicyclic) bond motifs is 1. The predicted octanol–water partition coefficient (Wildman–Crippen LogP) is 4.36. The zero-order chi connectivity index (χ0) is 23.3. The molecule has 0 saturated carbocycles. The maximum atomic E-state index is 13.3. The van der Waals surface area contributed by atoms with Crippen LogP contribution in [-0.2, 0) is 14.9 Å². The second-order valence-corrected chi connectivity index (χ2v) is 8.24. The second kappa shape index (κ2) is 10.1. The van der Waals surface area contributed by atoms with Gasteiger partial charge >= 0.3 is 5.97 Å². The molecule has 0 bridgehead atoms. The van der Waals surface area contributed by atoms with Crippen molar-refractivity contribution < 1.29 is 24.1 Å². The van der Waals surface area contributed by atoms with Crippen LogP contribution in [-0.4, -0.2) is 39.4 Å². The Morgan fingerprint density at radius 3 is 2.53 bits per heavy atom. The molecule has 2 heterocycles. The minimum Gasteiger partial charge on any atom is -0.465 e. The zero-order valence-electron chi connectivity index (χ0n) is 18.6. The van der Waals surface area contributed by atoms with Crippen LogP contribution < -0.4 is 0 Å². The van der Waals surface area contributed by atoms with Crippen LogP contribution in [0.5, 0.6) is 0 Å². The first kappa shape index (κ1) is 23.7. The maximum absolute atomic E-state index is 13.3. The minimum absolute atomic E-state index is 0.0686. The number of pyridine rings is 1. The van der Waals surface area contributed by atoms with Gasteiger partial charge in [-0.2, -0.15) is 0 Å². The number of nitrogens with zero attached hydrogens (tertiary/aromatic N) is 1. The van der Waals surface area contributed by atoms with Crippen molar-refractivity contribution in [1.82, 2.24) is 4.40 Å². The molecule has 0 fully saturated rings. The normalized spacial score (nSPS) is 15.7. The fourth-order valence-electron chi connectivity index (χ4n) is 4.22. The molecule has 32 heavy (non-hydrogen) atoms. The first-order valence-corrected chi connectivity index (χ1v) is 10.8. The third kappa shape index (κ3) is 4.76. The fraction of sp³-hybridized carbons (Fsp3) is 0.346. The molecule has 0 aliphatic rings. The molecular formula is C26H30FNO4. The van der Waals surface area contributed by atoms with Gasteiger partial charge in [-0.15, -0.1) is 0 Å². The van der Waals surface area contributed by atoms with Gasteiger partial charge in [0.15, 0.2) is 0 Å². The summed E-state index contributed by atoms with van der Waals surface area (Å²) in [5.41, 5.74) is 0.895. The Balaban J connectivity index is 1.94. The Morgan fingerprint density at radius 2 is 1.91 bits per heavy atom. The predicted molar refractivity (Wildman–Crippen MR) is 123 cm³/mol. The lowest BCUT2D eigenvalue weighted by Gasteiger charge is -2.39. The summed E-state index contributed by atoms with van der Waals surface area (Å²) in [6.07, 6.45) is 4.61. The van der Waals surface area contributed by atoms with Crippen LogP contribution in [0.15, 0.2) is 67.0 Å². The third-order valence-electron chi connectivity index (χ3n) is 5.88. The fourth-order valence-corrected chi connectivity index (χ4v) is 4.22. The highest BCUT2D eigenvalue weighted by atomic mass is 19.1. The number of aliphatic hydroxyl groups is 2. The summed E-state index contributed by atoms with van der Waals surface area (Å²) in [6, 6.07) is 13.5. The van der Waals surface area contributed by atoms with Crippen LogP contribution in [0.25, 0.3) is 11.6 Å². The molecule has 0 aliphatic heterocycles. The van der Waals surface area contributed by atoms with Crippen LogP contribution in [0.3, 0.4) is 0 Å². The van der Waals surface area contributed by atoms with E-state index in [0.29, 0.717) is 5.56 Å². The van der Waals surface area contributed by atoms with Crippen molar-refractivity contribution in [3.63, 3.8) is 0 Å². The number of ether oxygens (including phenoxy) is 1. The molecule has 2 aromatic heterocycles. The average molecular weight is 440 g/mol. The largest absolute Gasteiger partial charge is 0.465 e. The topological polar surface area (TPSA) is 71.2 Å². The van der Waals surface area contributed by atoms with Crippen LogP contribution in [0.2, 0.25) is 0 Å². The molecule has 5 nitrogen and oxygen atoms in total. The van der Waals surface area contributed by atoms with Gasteiger partial charge in [0.1, 0.15) is 11.2 Å². The minimum atomic E-state index is -1.35. The summed E-state index contributed by atoms with van der Waals surface area (Å²) in [4.78, 5) is 13.3. The van der Waals surface area contributed by atoms with Gasteiger partial charge in [-0.1, -0.05) is 44.2 Å². The van der Waals surface area contributed by atoms with Gasteiger partial charge in [0.2, 0.25) is 0 Å². The Bertz CT molecular complexity index is 1040. The van der Waals surface area contributed by atoms with Gasteiger partial charge in [0, 0.05) is 24.3 Å². The average Bonchev–Trinajstić information content (AvgIpc) is 3.18. The Morgan fingerprint density at radius 1 is 1.19 bits per heavy atom. The summed E-state index contributed by atoms with van der Waals surface area (Å²) in [6.45, 7) is 5.64. The van der Waals surface area contributed by atoms with Gasteiger partial charge in [-0.25, -0.2) is 4.39 Å². The summed E-state index contributed by atoms with van der Waals surface area (Å²) < 4.78 is 20.4. The SMILES string of the molecule is CCOC(=O)C(c1cc2ccccn2c1)(C(C)C)C(O)CC(O)C=Cc1ccc(F)cc1. The van der Waals surface area contributed by atoms with Crippen LogP contribution >= 0.6 is 0 Å². The summed E-state index contributed by atoms with van der Waals surface area (Å²) in [5, 5.41) is 22.0. The van der Waals surface area contributed by atoms with E-state index in [0.717, 1.165) is 11.1 Å². The Kier molecular flexibility index (Phi) is 7.48. The standard InChI is InChI=1S/C26H30FNO4/c1-4-32-25(31)26(18(2)3,20-15-22-7-5-6-14-28(22)17-20)24(30)16-23(29)13-10-19-8-11-21(27)12-9-19/h5-15,17-18,23-24,29-30H,4,16H2,1-3H3. The van der Waals surface area contributed by atoms with Gasteiger partial charge in [-0.3, -0.25) is 4.79 Å². The maximum Gasteiger partial charge on any atom is 0.319 e. The van der Waals surface area contributed by atoms with E-state index >= 15 is 0 Å². The van der Waals surface area contributed by atoms with Gasteiger partial charge < -0.3 is 19.4 Å². The van der Waals surface area contributed by atoms with Crippen molar-refractivity contribution in [1.29, 1.82) is 0 Å². The molecule has 1 aromatic carbocycles. The highest BCUT2D eigenvalue weighted by Gasteiger charge is 2.51. The van der Waals surface area contributed by atoms with E-state index in [9.17, 15) is 19.4 Å². The summed E-state index contributed by atoms with van der Waals surface area (Å²) in [5.74, 6) is -1.16. The Hall–Kier alpha value is -2.96. The number of aliphatic hydroxyl groups excluding tert-OH is 2. The molecule has 0 spiro atoms. The first-order chi connectivity index (χ1) is 15.3. The number of esters is 1. The van der Waals surface area contributed by atoms with Crippen molar-refractivity contribution in [2.24, 2.45) is 5.92 Å². The van der Waals surface area contributed by atoms with Gasteiger partial charge in [0.25, 0.3) is 0 Å². The quantitative estimate of drug-likeness (QED) is 0.486. The molecule has 170 valence electrons. The lowest BCUT2D eigenvalue weighted by molar-refractivity contribution is -0.159. The highest BCUT2D eigenvalue weighted by molar-refractivity contribution is 5.85. The smallest absolute Gasteiger partial charge is 0.319 e. The van der Waals surface area contributed by atoms with E-state index in [4.69, 9.17) is 4.74 Å². The number of benzene rings is 1. The molecule has 3 atom stereocenters. The van der Waals surface area contributed by atoms with E-state index in [1.165, 1.54) is 18.2 Å². The van der Waals surface area contributed by atoms with E-state index in [1.807, 2.05) is 54.9 Å². The molecule has 3 aromatic rings. The van der Waals surface area contributed by atoms with Crippen LogP contribution in [0.4, 0.5) is 4.39 Å². The summed E-state index contributed by atoms with van der Waals surface area (Å²) >= 11 is 0. The zero-order valence-corrected chi connectivity index (χ0v) is 18.6. The van der Waals surface area contributed by atoms with Crippen molar-refractivity contribution in [2.75, 3.05) is 6.61 Å². The molecule has 0 aliphatic carbocycles. The highest BCUT2D eigenvalue weighted by Crippen LogP contribution is 2.40. The first-order valence-electron chi connectivity index (χ1n) is 10.8. The second-order valence-electron chi connectivity index (χ2n) is 8.24. The number of carbonyl (C=O) groups excluding carboxylic acids is 1. The molecule has 3 unspecified atom stereocenters. The van der Waals surface area contributed by atoms with Crippen LogP contribution in [0, 0.1) is 11.7 Å². The molecule has 0 amide bonds. The van der Waals surface area contributed by atoms with Crippen LogP contribution in [0.1, 0.15) is 38.3 Å². The monoisotopic (exact) mass is 439 g/mol. The van der Waals surface area contributed by atoms with E-state index in [1.54, 1.807) is 25.1 Å². The number of carbonyl (C=O) groups is 1. The molecule has 3 rings (SSSR count).